The van der Waals surface area contributed by atoms with Crippen LogP contribution in [-0.2, 0) is 28.3 Å². The van der Waals surface area contributed by atoms with E-state index in [1.807, 2.05) is 12.1 Å². The first kappa shape index (κ1) is 26.8. The molecule has 1 aliphatic heterocycles. The smallest absolute Gasteiger partial charge is 0.336 e. The Morgan fingerprint density at radius 2 is 1.46 bits per heavy atom. The molecule has 0 atom stereocenters. The van der Waals surface area contributed by atoms with Crippen LogP contribution in [0.3, 0.4) is 0 Å². The molecule has 4 aromatic rings. The second-order valence-electron chi connectivity index (χ2n) is 9.55. The van der Waals surface area contributed by atoms with Crippen molar-refractivity contribution in [2.75, 3.05) is 26.2 Å². The van der Waals surface area contributed by atoms with Gasteiger partial charge in [-0.3, -0.25) is 14.7 Å². The molecule has 10 heteroatoms. The lowest BCUT2D eigenvalue weighted by atomic mass is 10.1. The number of fused-ring (bicyclic) bond motifs is 1. The van der Waals surface area contributed by atoms with Gasteiger partial charge in [0.1, 0.15) is 0 Å². The van der Waals surface area contributed by atoms with E-state index in [1.165, 1.54) is 12.1 Å². The fourth-order valence-electron chi connectivity index (χ4n) is 4.72. The van der Waals surface area contributed by atoms with Crippen molar-refractivity contribution in [2.45, 2.75) is 23.4 Å². The van der Waals surface area contributed by atoms with Crippen molar-refractivity contribution >= 4 is 26.6 Å². The zero-order chi connectivity index (χ0) is 27.6. The molecule has 0 bridgehead atoms. The van der Waals surface area contributed by atoms with Crippen molar-refractivity contribution in [3.05, 3.63) is 107 Å². The molecule has 2 heterocycles. The Bertz CT molecular complexity index is 1580. The number of halogens is 3. The summed E-state index contributed by atoms with van der Waals surface area (Å²) >= 11 is 0. The van der Waals surface area contributed by atoms with Crippen LogP contribution >= 0.6 is 0 Å². The number of hydrogen-bond acceptors (Lipinski definition) is 5. The highest BCUT2D eigenvalue weighted by Gasteiger charge is 2.30. The van der Waals surface area contributed by atoms with Crippen molar-refractivity contribution in [2.24, 2.45) is 0 Å². The summed E-state index contributed by atoms with van der Waals surface area (Å²) in [6, 6.07) is 20.4. The number of rotatable bonds is 6. The van der Waals surface area contributed by atoms with Crippen LogP contribution in [0.1, 0.15) is 27.0 Å². The van der Waals surface area contributed by atoms with Gasteiger partial charge in [-0.1, -0.05) is 42.5 Å². The van der Waals surface area contributed by atoms with Crippen LogP contribution < -0.4 is 0 Å². The normalized spacial score (nSPS) is 15.0. The molecule has 0 spiro atoms. The summed E-state index contributed by atoms with van der Waals surface area (Å²) in [5.41, 5.74) is 1.59. The topological polar surface area (TPSA) is 70.6 Å². The molecule has 1 amide bonds. The van der Waals surface area contributed by atoms with Gasteiger partial charge in [0.25, 0.3) is 5.91 Å². The summed E-state index contributed by atoms with van der Waals surface area (Å²) in [7, 11) is -3.65. The summed E-state index contributed by atoms with van der Waals surface area (Å²) < 4.78 is 64.6. The zero-order valence-electron chi connectivity index (χ0n) is 20.9. The van der Waals surface area contributed by atoms with Gasteiger partial charge >= 0.3 is 6.18 Å². The van der Waals surface area contributed by atoms with Crippen molar-refractivity contribution in [1.82, 2.24) is 14.8 Å². The standard InChI is InChI=1S/C29H26F3N3O3S/c30-29(31,32)25-12-8-21(9-13-25)19-34-15-17-35(18-16-34)28(36)24-10-6-22(7-11-24)20-39(37,38)26-5-1-3-23-4-2-14-33-27(23)26/h1-14H,15-20H2. The van der Waals surface area contributed by atoms with Crippen molar-refractivity contribution in [3.63, 3.8) is 0 Å². The van der Waals surface area contributed by atoms with Crippen LogP contribution in [0.5, 0.6) is 0 Å². The molecule has 0 N–H and O–H groups in total. The molecule has 0 aliphatic carbocycles. The van der Waals surface area contributed by atoms with Crippen LogP contribution in [0.4, 0.5) is 13.2 Å². The summed E-state index contributed by atoms with van der Waals surface area (Å²) in [6.07, 6.45) is -2.79. The van der Waals surface area contributed by atoms with Gasteiger partial charge in [-0.05, 0) is 47.5 Å². The molecule has 0 unspecified atom stereocenters. The van der Waals surface area contributed by atoms with E-state index in [1.54, 1.807) is 53.6 Å². The molecule has 1 aliphatic rings. The molecule has 1 aromatic heterocycles. The van der Waals surface area contributed by atoms with E-state index in [9.17, 15) is 26.4 Å². The van der Waals surface area contributed by atoms with Crippen LogP contribution in [-0.4, -0.2) is 55.3 Å². The van der Waals surface area contributed by atoms with Gasteiger partial charge in [0.05, 0.1) is 21.7 Å². The van der Waals surface area contributed by atoms with Crippen LogP contribution in [0.2, 0.25) is 0 Å². The molecule has 5 rings (SSSR count). The number of carbonyl (C=O) groups is 1. The Kier molecular flexibility index (Phi) is 7.42. The van der Waals surface area contributed by atoms with E-state index in [2.05, 4.69) is 9.88 Å². The molecule has 1 saturated heterocycles. The molecule has 1 fully saturated rings. The van der Waals surface area contributed by atoms with Gasteiger partial charge in [-0.2, -0.15) is 13.2 Å². The van der Waals surface area contributed by atoms with Gasteiger partial charge < -0.3 is 4.90 Å². The maximum absolute atomic E-state index is 13.1. The number of para-hydroxylation sites is 1. The third-order valence-corrected chi connectivity index (χ3v) is 8.55. The predicted octanol–water partition coefficient (Wildman–Crippen LogP) is 5.19. The SMILES string of the molecule is O=C(c1ccc(CS(=O)(=O)c2cccc3cccnc23)cc1)N1CCN(Cc2ccc(C(F)(F)F)cc2)CC1. The number of hydrogen-bond donors (Lipinski definition) is 0. The van der Waals surface area contributed by atoms with E-state index < -0.39 is 21.6 Å². The highest BCUT2D eigenvalue weighted by atomic mass is 32.2. The van der Waals surface area contributed by atoms with Gasteiger partial charge in [-0.15, -0.1) is 0 Å². The van der Waals surface area contributed by atoms with Crippen molar-refractivity contribution < 1.29 is 26.4 Å². The van der Waals surface area contributed by atoms with Crippen LogP contribution in [0.15, 0.2) is 90.0 Å². The number of aromatic nitrogens is 1. The molecule has 39 heavy (non-hydrogen) atoms. The van der Waals surface area contributed by atoms with Crippen LogP contribution in [0.25, 0.3) is 10.9 Å². The van der Waals surface area contributed by atoms with E-state index in [-0.39, 0.29) is 16.6 Å². The molecule has 202 valence electrons. The number of benzene rings is 3. The van der Waals surface area contributed by atoms with E-state index in [0.717, 1.165) is 23.1 Å². The third kappa shape index (κ3) is 6.12. The van der Waals surface area contributed by atoms with E-state index in [4.69, 9.17) is 0 Å². The van der Waals surface area contributed by atoms with Crippen LogP contribution in [0, 0.1) is 0 Å². The fourth-order valence-corrected chi connectivity index (χ4v) is 6.25. The third-order valence-electron chi connectivity index (χ3n) is 6.84. The Morgan fingerprint density at radius 3 is 2.13 bits per heavy atom. The number of pyridine rings is 1. The second-order valence-corrected chi connectivity index (χ2v) is 11.5. The Labute approximate surface area is 224 Å². The average Bonchev–Trinajstić information content (AvgIpc) is 2.93. The second kappa shape index (κ2) is 10.8. The van der Waals surface area contributed by atoms with Gasteiger partial charge in [-0.25, -0.2) is 8.42 Å². The minimum Gasteiger partial charge on any atom is -0.336 e. The lowest BCUT2D eigenvalue weighted by Gasteiger charge is -2.34. The molecule has 0 saturated carbocycles. The number of alkyl halides is 3. The summed E-state index contributed by atoms with van der Waals surface area (Å²) in [4.78, 5) is 21.3. The average molecular weight is 554 g/mol. The molecule has 0 radical (unpaired) electrons. The van der Waals surface area contributed by atoms with E-state index >= 15 is 0 Å². The van der Waals surface area contributed by atoms with E-state index in [0.29, 0.717) is 49.4 Å². The highest BCUT2D eigenvalue weighted by Crippen LogP contribution is 2.29. The first-order valence-corrected chi connectivity index (χ1v) is 14.1. The molecular weight excluding hydrogens is 527 g/mol. The quantitative estimate of drug-likeness (QED) is 0.329. The maximum Gasteiger partial charge on any atom is 0.416 e. The Balaban J connectivity index is 1.18. The molecule has 6 nitrogen and oxygen atoms in total. The largest absolute Gasteiger partial charge is 0.416 e. The van der Waals surface area contributed by atoms with Gasteiger partial charge in [0.2, 0.25) is 0 Å². The first-order valence-electron chi connectivity index (χ1n) is 12.4. The Morgan fingerprint density at radius 1 is 0.821 bits per heavy atom. The number of nitrogens with zero attached hydrogens (tertiary/aromatic N) is 3. The molecular formula is C29H26F3N3O3S. The maximum atomic E-state index is 13.1. The summed E-state index contributed by atoms with van der Waals surface area (Å²) in [5, 5.41) is 0.749. The Hall–Kier alpha value is -3.76. The number of piperazine rings is 1. The van der Waals surface area contributed by atoms with Crippen molar-refractivity contribution in [3.8, 4) is 0 Å². The number of sulfone groups is 1. The monoisotopic (exact) mass is 553 g/mol. The fraction of sp³-hybridized carbons (Fsp3) is 0.241. The summed E-state index contributed by atoms with van der Waals surface area (Å²) in [5.74, 6) is -0.350. The lowest BCUT2D eigenvalue weighted by Crippen LogP contribution is -2.48. The first-order chi connectivity index (χ1) is 18.6. The van der Waals surface area contributed by atoms with Crippen molar-refractivity contribution in [1.29, 1.82) is 0 Å². The minimum absolute atomic E-state index is 0.142. The van der Waals surface area contributed by atoms with Gasteiger partial charge in [0, 0.05) is 49.9 Å². The predicted molar refractivity (Wildman–Crippen MR) is 142 cm³/mol. The number of carbonyl (C=O) groups excluding carboxylic acids is 1. The minimum atomic E-state index is -4.36. The number of amides is 1. The molecule has 3 aromatic carbocycles. The highest BCUT2D eigenvalue weighted by molar-refractivity contribution is 7.90. The zero-order valence-corrected chi connectivity index (χ0v) is 21.8. The van der Waals surface area contributed by atoms with Gasteiger partial charge in [0.15, 0.2) is 9.84 Å². The lowest BCUT2D eigenvalue weighted by molar-refractivity contribution is -0.137. The summed E-state index contributed by atoms with van der Waals surface area (Å²) in [6.45, 7) is 2.69.